The second kappa shape index (κ2) is 9.94. The number of Topliss-reactive ketones (excluding diaryl/α,β-unsaturated/α-hetero) is 2. The Balaban J connectivity index is 1.82. The number of thiophene rings is 1. The molecule has 1 aromatic carbocycles. The lowest BCUT2D eigenvalue weighted by atomic mass is 10.1. The molecule has 0 bridgehead atoms. The van der Waals surface area contributed by atoms with E-state index in [9.17, 15) is 19.2 Å². The van der Waals surface area contributed by atoms with E-state index in [1.165, 1.54) is 18.3 Å². The molecule has 7 heteroatoms. The summed E-state index contributed by atoms with van der Waals surface area (Å²) in [6.45, 7) is 5.20. The predicted octanol–water partition coefficient (Wildman–Crippen LogP) is 4.27. The molecular weight excluding hydrogens is 376 g/mol. The number of carbonyl (C=O) groups is 4. The van der Waals surface area contributed by atoms with E-state index < -0.39 is 0 Å². The monoisotopic (exact) mass is 400 g/mol. The lowest BCUT2D eigenvalue weighted by molar-refractivity contribution is -0.122. The Kier molecular flexibility index (Phi) is 7.63. The van der Waals surface area contributed by atoms with Crippen molar-refractivity contribution in [3.63, 3.8) is 0 Å². The summed E-state index contributed by atoms with van der Waals surface area (Å²) in [6, 6.07) is 8.96. The number of hydrogen-bond donors (Lipinski definition) is 2. The zero-order valence-corrected chi connectivity index (χ0v) is 17.1. The van der Waals surface area contributed by atoms with E-state index in [1.54, 1.807) is 18.2 Å². The number of aryl methyl sites for hydroxylation is 2. The predicted molar refractivity (Wildman–Crippen MR) is 111 cm³/mol. The van der Waals surface area contributed by atoms with Crippen LogP contribution in [-0.2, 0) is 14.4 Å². The Hall–Kier alpha value is -2.80. The minimum Gasteiger partial charge on any atom is -0.325 e. The maximum atomic E-state index is 12.2. The van der Waals surface area contributed by atoms with Crippen LogP contribution in [0.5, 0.6) is 0 Å². The number of carbonyl (C=O) groups excluding carboxylic acids is 4. The van der Waals surface area contributed by atoms with Crippen molar-refractivity contribution in [2.45, 2.75) is 46.5 Å². The zero-order chi connectivity index (χ0) is 20.7. The van der Waals surface area contributed by atoms with E-state index in [-0.39, 0.29) is 49.1 Å². The van der Waals surface area contributed by atoms with Gasteiger partial charge in [-0.1, -0.05) is 6.07 Å². The molecule has 1 aromatic heterocycles. The summed E-state index contributed by atoms with van der Waals surface area (Å²) >= 11 is 1.42. The molecule has 0 saturated carbocycles. The molecule has 0 aliphatic heterocycles. The summed E-state index contributed by atoms with van der Waals surface area (Å²) in [4.78, 5) is 49.3. The van der Waals surface area contributed by atoms with E-state index in [0.717, 1.165) is 10.4 Å². The van der Waals surface area contributed by atoms with Gasteiger partial charge in [-0.2, -0.15) is 0 Å². The van der Waals surface area contributed by atoms with E-state index in [1.807, 2.05) is 26.0 Å². The van der Waals surface area contributed by atoms with E-state index in [0.29, 0.717) is 16.3 Å². The SMILES string of the molecule is CC(=O)Nc1ccc(C)cc1NC(=O)CCC(=O)CCC(=O)c1ccc(C)s1. The summed E-state index contributed by atoms with van der Waals surface area (Å²) < 4.78 is 0. The van der Waals surface area contributed by atoms with Crippen molar-refractivity contribution in [3.05, 3.63) is 45.6 Å². The minimum atomic E-state index is -0.314. The van der Waals surface area contributed by atoms with Gasteiger partial charge in [-0.3, -0.25) is 19.2 Å². The molecule has 2 N–H and O–H groups in total. The van der Waals surface area contributed by atoms with Gasteiger partial charge >= 0.3 is 0 Å². The van der Waals surface area contributed by atoms with Crippen molar-refractivity contribution in [1.29, 1.82) is 0 Å². The van der Waals surface area contributed by atoms with Crippen LogP contribution in [-0.4, -0.2) is 23.4 Å². The fourth-order valence-corrected chi connectivity index (χ4v) is 3.45. The van der Waals surface area contributed by atoms with Crippen LogP contribution in [0.2, 0.25) is 0 Å². The number of nitrogens with one attached hydrogen (secondary N) is 2. The number of rotatable bonds is 9. The van der Waals surface area contributed by atoms with Gasteiger partial charge in [-0.25, -0.2) is 0 Å². The summed E-state index contributed by atoms with van der Waals surface area (Å²) in [5.74, 6) is -0.718. The lowest BCUT2D eigenvalue weighted by Crippen LogP contribution is -2.16. The molecule has 0 fully saturated rings. The summed E-state index contributed by atoms with van der Waals surface area (Å²) in [6.07, 6.45) is 0.387. The molecule has 2 rings (SSSR count). The third kappa shape index (κ3) is 6.74. The van der Waals surface area contributed by atoms with E-state index in [4.69, 9.17) is 0 Å². The van der Waals surface area contributed by atoms with Gasteiger partial charge in [-0.05, 0) is 43.7 Å². The third-order valence-corrected chi connectivity index (χ3v) is 5.08. The average Bonchev–Trinajstić information content (AvgIpc) is 3.06. The smallest absolute Gasteiger partial charge is 0.224 e. The van der Waals surface area contributed by atoms with Gasteiger partial charge in [-0.15, -0.1) is 11.3 Å². The third-order valence-electron chi connectivity index (χ3n) is 4.04. The second-order valence-corrected chi connectivity index (χ2v) is 7.94. The number of amides is 2. The fraction of sp³-hybridized carbons (Fsp3) is 0.333. The van der Waals surface area contributed by atoms with Gasteiger partial charge in [0.05, 0.1) is 16.3 Å². The van der Waals surface area contributed by atoms with Crippen molar-refractivity contribution >= 4 is 46.1 Å². The molecule has 0 atom stereocenters. The summed E-state index contributed by atoms with van der Waals surface area (Å²) in [7, 11) is 0. The molecular formula is C21H24N2O4S. The van der Waals surface area contributed by atoms with Crippen LogP contribution >= 0.6 is 11.3 Å². The Morgan fingerprint density at radius 1 is 0.857 bits per heavy atom. The molecule has 0 aliphatic carbocycles. The van der Waals surface area contributed by atoms with Crippen molar-refractivity contribution < 1.29 is 19.2 Å². The quantitative estimate of drug-likeness (QED) is 0.615. The van der Waals surface area contributed by atoms with Crippen molar-refractivity contribution in [1.82, 2.24) is 0 Å². The van der Waals surface area contributed by atoms with Gasteiger partial charge in [0.1, 0.15) is 5.78 Å². The Bertz CT molecular complexity index is 902. The first-order valence-electron chi connectivity index (χ1n) is 9.04. The molecule has 148 valence electrons. The Labute approximate surface area is 168 Å². The molecule has 0 aliphatic rings. The normalized spacial score (nSPS) is 10.4. The first kappa shape index (κ1) is 21.5. The average molecular weight is 401 g/mol. The highest BCUT2D eigenvalue weighted by Gasteiger charge is 2.14. The number of anilines is 2. The summed E-state index contributed by atoms with van der Waals surface area (Å²) in [5, 5.41) is 5.40. The molecule has 0 saturated heterocycles. The van der Waals surface area contributed by atoms with Crippen molar-refractivity contribution in [2.24, 2.45) is 0 Å². The molecule has 28 heavy (non-hydrogen) atoms. The van der Waals surface area contributed by atoms with Gasteiger partial charge in [0.25, 0.3) is 0 Å². The molecule has 0 spiro atoms. The van der Waals surface area contributed by atoms with Gasteiger partial charge < -0.3 is 10.6 Å². The maximum absolute atomic E-state index is 12.2. The number of benzene rings is 1. The van der Waals surface area contributed by atoms with E-state index in [2.05, 4.69) is 10.6 Å². The van der Waals surface area contributed by atoms with Crippen LogP contribution in [0.3, 0.4) is 0 Å². The van der Waals surface area contributed by atoms with Gasteiger partial charge in [0.15, 0.2) is 5.78 Å². The topological polar surface area (TPSA) is 92.3 Å². The minimum absolute atomic E-state index is 0.0264. The Morgan fingerprint density at radius 3 is 2.21 bits per heavy atom. The molecule has 1 heterocycles. The first-order valence-corrected chi connectivity index (χ1v) is 9.85. The molecule has 6 nitrogen and oxygen atoms in total. The Morgan fingerprint density at radius 2 is 1.57 bits per heavy atom. The standard InChI is InChI=1S/C21H24N2O4S/c1-13-4-8-17(22-15(3)24)18(12-13)23-21(27)11-7-16(25)6-9-19(26)20-10-5-14(2)28-20/h4-5,8,10,12H,6-7,9,11H2,1-3H3,(H,22,24)(H,23,27). The van der Waals surface area contributed by atoms with Crippen molar-refractivity contribution in [2.75, 3.05) is 10.6 Å². The maximum Gasteiger partial charge on any atom is 0.224 e. The van der Waals surface area contributed by atoms with Gasteiger partial charge in [0.2, 0.25) is 11.8 Å². The molecule has 0 radical (unpaired) electrons. The van der Waals surface area contributed by atoms with E-state index >= 15 is 0 Å². The highest BCUT2D eigenvalue weighted by atomic mass is 32.1. The largest absolute Gasteiger partial charge is 0.325 e. The van der Waals surface area contributed by atoms with Crippen LogP contribution in [0.15, 0.2) is 30.3 Å². The molecule has 2 aromatic rings. The van der Waals surface area contributed by atoms with Crippen LogP contribution in [0.25, 0.3) is 0 Å². The highest BCUT2D eigenvalue weighted by Crippen LogP contribution is 2.23. The summed E-state index contributed by atoms with van der Waals surface area (Å²) in [5.41, 5.74) is 1.94. The second-order valence-electron chi connectivity index (χ2n) is 6.65. The van der Waals surface area contributed by atoms with Crippen LogP contribution in [0.1, 0.15) is 52.7 Å². The van der Waals surface area contributed by atoms with Gasteiger partial charge in [0, 0.05) is 37.5 Å². The lowest BCUT2D eigenvalue weighted by Gasteiger charge is -2.12. The highest BCUT2D eigenvalue weighted by molar-refractivity contribution is 7.14. The van der Waals surface area contributed by atoms with Crippen molar-refractivity contribution in [3.8, 4) is 0 Å². The fourth-order valence-electron chi connectivity index (χ4n) is 2.61. The molecule has 0 unspecified atom stereocenters. The zero-order valence-electron chi connectivity index (χ0n) is 16.3. The van der Waals surface area contributed by atoms with Crippen LogP contribution in [0.4, 0.5) is 11.4 Å². The molecule has 2 amide bonds. The number of ketones is 2. The van der Waals surface area contributed by atoms with Crippen LogP contribution in [0, 0.1) is 13.8 Å². The van der Waals surface area contributed by atoms with Crippen LogP contribution < -0.4 is 10.6 Å². The number of hydrogen-bond acceptors (Lipinski definition) is 5. The first-order chi connectivity index (χ1) is 13.2.